The van der Waals surface area contributed by atoms with Gasteiger partial charge in [0.1, 0.15) is 0 Å². The van der Waals surface area contributed by atoms with Gasteiger partial charge in [0, 0.05) is 25.0 Å². The summed E-state index contributed by atoms with van der Waals surface area (Å²) < 4.78 is 2.15. The smallest absolute Gasteiger partial charge is 0.0690 e. The first-order valence-corrected chi connectivity index (χ1v) is 7.30. The van der Waals surface area contributed by atoms with Crippen LogP contribution in [0.2, 0.25) is 0 Å². The molecule has 0 spiro atoms. The Labute approximate surface area is 110 Å². The highest BCUT2D eigenvalue weighted by Gasteiger charge is 2.20. The van der Waals surface area contributed by atoms with Crippen molar-refractivity contribution < 1.29 is 5.11 Å². The molecule has 0 bridgehead atoms. The van der Waals surface area contributed by atoms with Crippen LogP contribution in [0.4, 0.5) is 0 Å². The third-order valence-corrected chi connectivity index (χ3v) is 3.68. The lowest BCUT2D eigenvalue weighted by Crippen LogP contribution is -2.21. The van der Waals surface area contributed by atoms with Crippen molar-refractivity contribution in [3.63, 3.8) is 0 Å². The van der Waals surface area contributed by atoms with Gasteiger partial charge in [0.25, 0.3) is 0 Å². The Balaban J connectivity index is 2.14. The zero-order valence-electron chi connectivity index (χ0n) is 11.7. The molecule has 0 aliphatic heterocycles. The summed E-state index contributed by atoms with van der Waals surface area (Å²) in [5, 5.41) is 13.2. The van der Waals surface area contributed by atoms with Gasteiger partial charge in [-0.3, -0.25) is 0 Å². The Kier molecular flexibility index (Phi) is 4.84. The van der Waals surface area contributed by atoms with E-state index in [-0.39, 0.29) is 6.10 Å². The summed E-state index contributed by atoms with van der Waals surface area (Å²) in [5.41, 5.74) is 2.93. The quantitative estimate of drug-likeness (QED) is 0.788. The van der Waals surface area contributed by atoms with Crippen molar-refractivity contribution in [2.45, 2.75) is 64.6 Å². The van der Waals surface area contributed by atoms with E-state index in [2.05, 4.69) is 29.2 Å². The highest BCUT2D eigenvalue weighted by molar-refractivity contribution is 5.29. The minimum atomic E-state index is -0.275. The summed E-state index contributed by atoms with van der Waals surface area (Å²) in [7, 11) is 0. The molecule has 2 N–H and O–H groups in total. The average Bonchev–Trinajstić information content (AvgIpc) is 2.61. The van der Waals surface area contributed by atoms with Crippen LogP contribution in [0.3, 0.4) is 0 Å². The van der Waals surface area contributed by atoms with Crippen molar-refractivity contribution in [2.75, 3.05) is 6.54 Å². The first-order valence-electron chi connectivity index (χ1n) is 7.30. The van der Waals surface area contributed by atoms with E-state index in [1.807, 2.05) is 6.92 Å². The molecule has 1 aromatic heterocycles. The van der Waals surface area contributed by atoms with E-state index in [0.29, 0.717) is 12.6 Å². The standard InChI is InChI=1S/C15H26N2O/c1-3-8-16-15-7-5-4-6-13-10-17(9-12(2)18)11-14(13)15/h10-12,15-16,18H,3-9H2,1-2H3. The van der Waals surface area contributed by atoms with Gasteiger partial charge in [-0.25, -0.2) is 0 Å². The Morgan fingerprint density at radius 1 is 1.44 bits per heavy atom. The van der Waals surface area contributed by atoms with Crippen molar-refractivity contribution >= 4 is 0 Å². The van der Waals surface area contributed by atoms with Crippen LogP contribution < -0.4 is 5.32 Å². The van der Waals surface area contributed by atoms with Crippen molar-refractivity contribution in [1.29, 1.82) is 0 Å². The molecule has 1 aliphatic carbocycles. The van der Waals surface area contributed by atoms with E-state index in [1.54, 1.807) is 0 Å². The van der Waals surface area contributed by atoms with Crippen LogP contribution in [-0.2, 0) is 13.0 Å². The van der Waals surface area contributed by atoms with E-state index < -0.39 is 0 Å². The first-order chi connectivity index (χ1) is 8.70. The number of hydrogen-bond acceptors (Lipinski definition) is 2. The number of nitrogens with one attached hydrogen (secondary N) is 1. The lowest BCUT2D eigenvalue weighted by molar-refractivity contribution is 0.173. The number of aryl methyl sites for hydroxylation is 1. The Hall–Kier alpha value is -0.800. The van der Waals surface area contributed by atoms with E-state index in [9.17, 15) is 5.11 Å². The molecular formula is C15H26N2O. The number of fused-ring (bicyclic) bond motifs is 1. The molecule has 0 aromatic carbocycles. The predicted molar refractivity (Wildman–Crippen MR) is 74.7 cm³/mol. The molecule has 0 saturated carbocycles. The van der Waals surface area contributed by atoms with Crippen molar-refractivity contribution in [1.82, 2.24) is 9.88 Å². The number of rotatable bonds is 5. The van der Waals surface area contributed by atoms with Gasteiger partial charge in [-0.2, -0.15) is 0 Å². The molecule has 2 atom stereocenters. The molecule has 3 nitrogen and oxygen atoms in total. The van der Waals surface area contributed by atoms with E-state index in [1.165, 1.54) is 43.2 Å². The highest BCUT2D eigenvalue weighted by atomic mass is 16.3. The van der Waals surface area contributed by atoms with Crippen molar-refractivity contribution in [3.8, 4) is 0 Å². The van der Waals surface area contributed by atoms with Crippen LogP contribution in [0.15, 0.2) is 12.4 Å². The molecule has 18 heavy (non-hydrogen) atoms. The zero-order valence-corrected chi connectivity index (χ0v) is 11.7. The second-order valence-electron chi connectivity index (χ2n) is 5.54. The third-order valence-electron chi connectivity index (χ3n) is 3.68. The number of aliphatic hydroxyl groups excluding tert-OH is 1. The molecule has 1 aromatic rings. The predicted octanol–water partition coefficient (Wildman–Crippen LogP) is 2.64. The van der Waals surface area contributed by atoms with Gasteiger partial charge in [0.15, 0.2) is 0 Å². The highest BCUT2D eigenvalue weighted by Crippen LogP contribution is 2.29. The van der Waals surface area contributed by atoms with Crippen LogP contribution in [0.1, 0.15) is 56.7 Å². The SMILES string of the molecule is CCCNC1CCCCc2cn(CC(C)O)cc21. The maximum absolute atomic E-state index is 9.49. The second kappa shape index (κ2) is 6.39. The lowest BCUT2D eigenvalue weighted by Gasteiger charge is -2.16. The number of hydrogen-bond donors (Lipinski definition) is 2. The maximum Gasteiger partial charge on any atom is 0.0690 e. The zero-order chi connectivity index (χ0) is 13.0. The number of nitrogens with zero attached hydrogens (tertiary/aromatic N) is 1. The third kappa shape index (κ3) is 3.36. The minimum absolute atomic E-state index is 0.275. The molecule has 0 saturated heterocycles. The Bertz CT molecular complexity index is 371. The molecule has 3 heteroatoms. The van der Waals surface area contributed by atoms with Gasteiger partial charge in [-0.05, 0) is 50.3 Å². The van der Waals surface area contributed by atoms with Crippen LogP contribution in [-0.4, -0.2) is 22.3 Å². The summed E-state index contributed by atoms with van der Waals surface area (Å²) in [5.74, 6) is 0. The first kappa shape index (κ1) is 13.6. The van der Waals surface area contributed by atoms with Crippen LogP contribution in [0.5, 0.6) is 0 Å². The topological polar surface area (TPSA) is 37.2 Å². The number of aliphatic hydroxyl groups is 1. The minimum Gasteiger partial charge on any atom is -0.392 e. The van der Waals surface area contributed by atoms with Gasteiger partial charge in [-0.1, -0.05) is 13.3 Å². The van der Waals surface area contributed by atoms with Crippen LogP contribution >= 0.6 is 0 Å². The Morgan fingerprint density at radius 2 is 2.28 bits per heavy atom. The largest absolute Gasteiger partial charge is 0.392 e. The van der Waals surface area contributed by atoms with E-state index in [4.69, 9.17) is 0 Å². The van der Waals surface area contributed by atoms with Gasteiger partial charge < -0.3 is 15.0 Å². The van der Waals surface area contributed by atoms with Crippen LogP contribution in [0.25, 0.3) is 0 Å². The van der Waals surface area contributed by atoms with Crippen LogP contribution in [0, 0.1) is 0 Å². The molecule has 2 rings (SSSR count). The summed E-state index contributed by atoms with van der Waals surface area (Å²) in [4.78, 5) is 0. The summed E-state index contributed by atoms with van der Waals surface area (Å²) >= 11 is 0. The molecule has 2 unspecified atom stereocenters. The Morgan fingerprint density at radius 3 is 3.00 bits per heavy atom. The molecule has 0 amide bonds. The maximum atomic E-state index is 9.49. The van der Waals surface area contributed by atoms with Gasteiger partial charge in [-0.15, -0.1) is 0 Å². The summed E-state index contributed by atoms with van der Waals surface area (Å²) in [6.45, 7) is 5.85. The molecular weight excluding hydrogens is 224 g/mol. The lowest BCUT2D eigenvalue weighted by atomic mass is 10.0. The normalized spacial score (nSPS) is 21.4. The summed E-state index contributed by atoms with van der Waals surface area (Å²) in [6.07, 6.45) is 10.4. The van der Waals surface area contributed by atoms with Gasteiger partial charge >= 0.3 is 0 Å². The summed E-state index contributed by atoms with van der Waals surface area (Å²) in [6, 6.07) is 0.512. The van der Waals surface area contributed by atoms with Gasteiger partial charge in [0.05, 0.1) is 6.10 Å². The molecule has 1 aliphatic rings. The molecule has 1 heterocycles. The van der Waals surface area contributed by atoms with Crippen molar-refractivity contribution in [2.24, 2.45) is 0 Å². The fourth-order valence-corrected chi connectivity index (χ4v) is 2.86. The molecule has 102 valence electrons. The van der Waals surface area contributed by atoms with Gasteiger partial charge in [0.2, 0.25) is 0 Å². The fourth-order valence-electron chi connectivity index (χ4n) is 2.86. The molecule has 0 radical (unpaired) electrons. The second-order valence-corrected chi connectivity index (χ2v) is 5.54. The fraction of sp³-hybridized carbons (Fsp3) is 0.733. The molecule has 0 fully saturated rings. The number of aromatic nitrogens is 1. The van der Waals surface area contributed by atoms with E-state index in [0.717, 1.165) is 6.54 Å². The van der Waals surface area contributed by atoms with E-state index >= 15 is 0 Å². The van der Waals surface area contributed by atoms with Crippen molar-refractivity contribution in [3.05, 3.63) is 23.5 Å². The average molecular weight is 250 g/mol. The monoisotopic (exact) mass is 250 g/mol.